The molecule has 0 fully saturated rings. The number of phosphoric ester groups is 1. The van der Waals surface area contributed by atoms with Crippen LogP contribution in [0.5, 0.6) is 0 Å². The lowest BCUT2D eigenvalue weighted by atomic mass is 10.0. The van der Waals surface area contributed by atoms with Gasteiger partial charge in [-0.3, -0.25) is 18.6 Å². The molecule has 2 amide bonds. The molecule has 0 rings (SSSR count). The van der Waals surface area contributed by atoms with Gasteiger partial charge in [-0.25, -0.2) is 4.57 Å². The zero-order valence-corrected chi connectivity index (χ0v) is 34.5. The lowest BCUT2D eigenvalue weighted by Gasteiger charge is -2.24. The van der Waals surface area contributed by atoms with Crippen molar-refractivity contribution >= 4 is 19.6 Å². The van der Waals surface area contributed by atoms with E-state index in [0.29, 0.717) is 23.9 Å². The van der Waals surface area contributed by atoms with Crippen molar-refractivity contribution in [2.45, 2.75) is 200 Å². The molecule has 50 heavy (non-hydrogen) atoms. The summed E-state index contributed by atoms with van der Waals surface area (Å²) in [7, 11) is 1.61. The molecule has 10 heteroatoms. The van der Waals surface area contributed by atoms with Gasteiger partial charge in [-0.2, -0.15) is 0 Å². The number of phosphoric acid groups is 1. The molecule has 0 aromatic carbocycles. The molecule has 0 heterocycles. The number of carbonyl (C=O) groups excluding carboxylic acids is 2. The average molecular weight is 733 g/mol. The number of amides is 2. The van der Waals surface area contributed by atoms with Crippen LogP contribution in [0.2, 0.25) is 0 Å². The Morgan fingerprint density at radius 3 is 1.32 bits per heavy atom. The SMILES string of the molecule is CCCCCCCCCCCCCCCC(=O)NCC(COP(=O)(O)OCC[N+](C)(C)C)NC(=O)CCCCCCCCCCCCCCC. The molecular formula is C40H83N3O6P+. The number of nitrogens with zero attached hydrogens (tertiary/aromatic N) is 1. The van der Waals surface area contributed by atoms with E-state index < -0.39 is 13.9 Å². The molecule has 0 saturated heterocycles. The molecule has 9 nitrogen and oxygen atoms in total. The second kappa shape index (κ2) is 33.8. The van der Waals surface area contributed by atoms with E-state index in [1.165, 1.54) is 128 Å². The van der Waals surface area contributed by atoms with Crippen molar-refractivity contribution in [3.05, 3.63) is 0 Å². The Balaban J connectivity index is 4.36. The maximum atomic E-state index is 12.8. The minimum Gasteiger partial charge on any atom is -0.354 e. The van der Waals surface area contributed by atoms with Gasteiger partial charge in [0.2, 0.25) is 11.8 Å². The quantitative estimate of drug-likeness (QED) is 0.0331. The number of quaternary nitrogens is 1. The van der Waals surface area contributed by atoms with E-state index in [2.05, 4.69) is 24.5 Å². The fourth-order valence-corrected chi connectivity index (χ4v) is 6.79. The van der Waals surface area contributed by atoms with Crippen LogP contribution in [0.25, 0.3) is 0 Å². The summed E-state index contributed by atoms with van der Waals surface area (Å²) in [4.78, 5) is 35.6. The van der Waals surface area contributed by atoms with Gasteiger partial charge in [-0.05, 0) is 12.8 Å². The van der Waals surface area contributed by atoms with Crippen LogP contribution in [0, 0.1) is 0 Å². The largest absolute Gasteiger partial charge is 0.472 e. The monoisotopic (exact) mass is 733 g/mol. The number of rotatable bonds is 38. The summed E-state index contributed by atoms with van der Waals surface area (Å²) in [5.41, 5.74) is 0. The highest BCUT2D eigenvalue weighted by atomic mass is 31.2. The van der Waals surface area contributed by atoms with Crippen LogP contribution >= 0.6 is 7.82 Å². The molecular weight excluding hydrogens is 649 g/mol. The highest BCUT2D eigenvalue weighted by Crippen LogP contribution is 2.43. The third-order valence-electron chi connectivity index (χ3n) is 9.38. The lowest BCUT2D eigenvalue weighted by Crippen LogP contribution is -2.46. The molecule has 0 bridgehead atoms. The van der Waals surface area contributed by atoms with Crippen molar-refractivity contribution in [2.24, 2.45) is 0 Å². The van der Waals surface area contributed by atoms with Crippen molar-refractivity contribution in [3.8, 4) is 0 Å². The Kier molecular flexibility index (Phi) is 33.2. The maximum absolute atomic E-state index is 12.8. The number of hydrogen-bond acceptors (Lipinski definition) is 5. The summed E-state index contributed by atoms with van der Waals surface area (Å²) in [5, 5.41) is 5.82. The number of nitrogens with one attached hydrogen (secondary N) is 2. The second-order valence-corrected chi connectivity index (χ2v) is 17.1. The molecule has 0 aromatic rings. The van der Waals surface area contributed by atoms with Crippen LogP contribution in [0.15, 0.2) is 0 Å². The summed E-state index contributed by atoms with van der Waals surface area (Å²) in [6.07, 6.45) is 33.3. The Bertz CT molecular complexity index is 838. The van der Waals surface area contributed by atoms with Crippen LogP contribution in [0.3, 0.4) is 0 Å². The second-order valence-electron chi connectivity index (χ2n) is 15.7. The van der Waals surface area contributed by atoms with E-state index in [9.17, 15) is 19.0 Å². The van der Waals surface area contributed by atoms with Crippen LogP contribution in [0.4, 0.5) is 0 Å². The van der Waals surface area contributed by atoms with Gasteiger partial charge in [-0.1, -0.05) is 168 Å². The van der Waals surface area contributed by atoms with Crippen molar-refractivity contribution in [2.75, 3.05) is 47.4 Å². The Hall–Kier alpha value is -0.990. The van der Waals surface area contributed by atoms with Crippen LogP contribution in [-0.4, -0.2) is 74.7 Å². The minimum absolute atomic E-state index is 0.0726. The normalized spacial score (nSPS) is 13.6. The molecule has 3 N–H and O–H groups in total. The third kappa shape index (κ3) is 36.8. The zero-order chi connectivity index (χ0) is 37.2. The summed E-state index contributed by atoms with van der Waals surface area (Å²) in [5.74, 6) is -0.207. The van der Waals surface area contributed by atoms with Crippen LogP contribution in [0.1, 0.15) is 194 Å². The van der Waals surface area contributed by atoms with Crippen LogP contribution in [-0.2, 0) is 23.2 Å². The van der Waals surface area contributed by atoms with E-state index >= 15 is 0 Å². The van der Waals surface area contributed by atoms with Crippen molar-refractivity contribution < 1.29 is 32.6 Å². The molecule has 0 spiro atoms. The molecule has 2 atom stereocenters. The highest BCUT2D eigenvalue weighted by molar-refractivity contribution is 7.47. The summed E-state index contributed by atoms with van der Waals surface area (Å²) >= 11 is 0. The molecule has 0 radical (unpaired) electrons. The smallest absolute Gasteiger partial charge is 0.354 e. The first-order chi connectivity index (χ1) is 24.0. The van der Waals surface area contributed by atoms with Gasteiger partial charge in [0.1, 0.15) is 13.2 Å². The zero-order valence-electron chi connectivity index (χ0n) is 33.6. The average Bonchev–Trinajstić information content (AvgIpc) is 3.06. The van der Waals surface area contributed by atoms with Gasteiger partial charge in [0.05, 0.1) is 33.8 Å². The number of likely N-dealkylation sites (N-methyl/N-ethyl adjacent to an activating group) is 1. The van der Waals surface area contributed by atoms with E-state index in [0.717, 1.165) is 38.5 Å². The summed E-state index contributed by atoms with van der Waals surface area (Å²) in [6.45, 7) is 5.05. The van der Waals surface area contributed by atoms with Gasteiger partial charge in [0.15, 0.2) is 0 Å². The number of unbranched alkanes of at least 4 members (excludes halogenated alkanes) is 24. The molecule has 0 aliphatic carbocycles. The molecule has 0 aliphatic rings. The molecule has 2 unspecified atom stereocenters. The predicted molar refractivity (Wildman–Crippen MR) is 210 cm³/mol. The van der Waals surface area contributed by atoms with Gasteiger partial charge in [0.25, 0.3) is 0 Å². The van der Waals surface area contributed by atoms with Gasteiger partial charge < -0.3 is 20.0 Å². The van der Waals surface area contributed by atoms with Crippen molar-refractivity contribution in [1.29, 1.82) is 0 Å². The third-order valence-corrected chi connectivity index (χ3v) is 10.4. The minimum atomic E-state index is -4.29. The molecule has 0 aliphatic heterocycles. The first-order valence-electron chi connectivity index (χ1n) is 21.0. The Morgan fingerprint density at radius 1 is 0.580 bits per heavy atom. The van der Waals surface area contributed by atoms with E-state index in [-0.39, 0.29) is 31.6 Å². The Labute approximate surface area is 309 Å². The molecule has 0 aromatic heterocycles. The van der Waals surface area contributed by atoms with E-state index in [1.807, 2.05) is 21.1 Å². The Morgan fingerprint density at radius 2 is 0.940 bits per heavy atom. The van der Waals surface area contributed by atoms with E-state index in [4.69, 9.17) is 9.05 Å². The maximum Gasteiger partial charge on any atom is 0.472 e. The lowest BCUT2D eigenvalue weighted by molar-refractivity contribution is -0.870. The predicted octanol–water partition coefficient (Wildman–Crippen LogP) is 10.4. The first-order valence-corrected chi connectivity index (χ1v) is 22.5. The van der Waals surface area contributed by atoms with Gasteiger partial charge in [0, 0.05) is 19.4 Å². The van der Waals surface area contributed by atoms with Crippen LogP contribution < -0.4 is 10.6 Å². The fourth-order valence-electron chi connectivity index (χ4n) is 6.04. The van der Waals surface area contributed by atoms with Crippen molar-refractivity contribution in [1.82, 2.24) is 10.6 Å². The highest BCUT2D eigenvalue weighted by Gasteiger charge is 2.25. The van der Waals surface area contributed by atoms with Crippen molar-refractivity contribution in [3.63, 3.8) is 0 Å². The van der Waals surface area contributed by atoms with Gasteiger partial charge in [-0.15, -0.1) is 0 Å². The molecule has 0 saturated carbocycles. The molecule has 298 valence electrons. The topological polar surface area (TPSA) is 114 Å². The summed E-state index contributed by atoms with van der Waals surface area (Å²) < 4.78 is 23.5. The fraction of sp³-hybridized carbons (Fsp3) is 0.950. The standard InChI is InChI=1S/C40H82N3O6P/c1-6-8-10-12-14-16-18-20-22-24-26-28-30-32-39(44)41-36-38(37-49-50(46,47)48-35-34-43(3,4)5)42-40(45)33-31-29-27-25-23-21-19-17-15-13-11-9-7-2/h38H,6-37H2,1-5H3,(H2-,41,42,44,45,46,47)/p+1. The first kappa shape index (κ1) is 49.0. The summed E-state index contributed by atoms with van der Waals surface area (Å²) in [6, 6.07) is -0.623. The van der Waals surface area contributed by atoms with Gasteiger partial charge >= 0.3 is 7.82 Å². The number of carbonyl (C=O) groups is 2. The number of hydrogen-bond donors (Lipinski definition) is 3. The van der Waals surface area contributed by atoms with E-state index in [1.54, 1.807) is 0 Å².